The molecule has 0 aromatic heterocycles. The Morgan fingerprint density at radius 3 is 2.60 bits per heavy atom. The number of benzene rings is 1. The molecule has 0 radical (unpaired) electrons. The highest BCUT2D eigenvalue weighted by molar-refractivity contribution is 7.82. The van der Waals surface area contributed by atoms with Crippen LogP contribution >= 0.6 is 12.2 Å². The molecule has 0 spiro atoms. The van der Waals surface area contributed by atoms with Crippen molar-refractivity contribution in [1.29, 1.82) is 0 Å². The van der Waals surface area contributed by atoms with Crippen molar-refractivity contribution in [2.45, 2.75) is 6.42 Å². The summed E-state index contributed by atoms with van der Waals surface area (Å²) < 4.78 is 0. The topological polar surface area (TPSA) is 36.8 Å². The van der Waals surface area contributed by atoms with E-state index < -0.39 is 0 Å². The molecule has 0 aliphatic carbocycles. The molecule has 4 nitrogen and oxygen atoms in total. The van der Waals surface area contributed by atoms with Gasteiger partial charge in [-0.25, -0.2) is 0 Å². The first kappa shape index (κ1) is 14.9. The molecule has 1 fully saturated rings. The van der Waals surface area contributed by atoms with Crippen molar-refractivity contribution in [3.63, 3.8) is 0 Å². The molecule has 1 heterocycles. The van der Waals surface area contributed by atoms with Gasteiger partial charge < -0.3 is 15.1 Å². The molecule has 2 N–H and O–H groups in total. The van der Waals surface area contributed by atoms with Gasteiger partial charge in [-0.1, -0.05) is 42.5 Å². The Kier molecular flexibility index (Phi) is 5.49. The lowest BCUT2D eigenvalue weighted by Gasteiger charge is -2.31. The smallest absolute Gasteiger partial charge is 0.278 e. The fraction of sp³-hybridized carbons (Fsp3) is 0.467. The maximum atomic E-state index is 12.0. The molecule has 0 bridgehead atoms. The van der Waals surface area contributed by atoms with Crippen molar-refractivity contribution in [2.24, 2.45) is 0 Å². The van der Waals surface area contributed by atoms with Gasteiger partial charge in [0.15, 0.2) is 4.99 Å². The minimum Gasteiger partial charge on any atom is -0.350 e. The maximum Gasteiger partial charge on any atom is 0.278 e. The number of thiocarbonyl (C=S) groups is 1. The number of likely N-dealkylation sites (N-methyl/N-ethyl adjacent to an activating group) is 1. The van der Waals surface area contributed by atoms with Crippen LogP contribution in [0.15, 0.2) is 30.3 Å². The van der Waals surface area contributed by atoms with Crippen LogP contribution in [0.1, 0.15) is 5.56 Å². The molecule has 2 rings (SSSR count). The molecule has 1 aromatic rings. The predicted octanol–water partition coefficient (Wildman–Crippen LogP) is -0.497. The molecule has 1 aromatic carbocycles. The van der Waals surface area contributed by atoms with Crippen LogP contribution in [0.25, 0.3) is 0 Å². The van der Waals surface area contributed by atoms with E-state index in [0.29, 0.717) is 11.5 Å². The van der Waals surface area contributed by atoms with E-state index in [1.54, 1.807) is 0 Å². The summed E-state index contributed by atoms with van der Waals surface area (Å²) in [4.78, 5) is 16.0. The second-order valence-corrected chi connectivity index (χ2v) is 5.63. The largest absolute Gasteiger partial charge is 0.350 e. The molecule has 1 aliphatic heterocycles. The summed E-state index contributed by atoms with van der Waals surface area (Å²) in [6.07, 6.45) is 0.835. The molecule has 20 heavy (non-hydrogen) atoms. The van der Waals surface area contributed by atoms with Gasteiger partial charge in [0.25, 0.3) is 5.91 Å². The zero-order valence-corrected chi connectivity index (χ0v) is 12.7. The van der Waals surface area contributed by atoms with Gasteiger partial charge in [0.2, 0.25) is 0 Å². The van der Waals surface area contributed by atoms with E-state index in [1.165, 1.54) is 10.5 Å². The van der Waals surface area contributed by atoms with Crippen LogP contribution in [-0.2, 0) is 11.2 Å². The SMILES string of the molecule is C[NH+]1CCN(C(=S)C(=O)NCCc2ccccc2)CC1. The van der Waals surface area contributed by atoms with Crippen LogP contribution in [0.2, 0.25) is 0 Å². The van der Waals surface area contributed by atoms with Crippen LogP contribution in [0.5, 0.6) is 0 Å². The van der Waals surface area contributed by atoms with Crippen molar-refractivity contribution in [1.82, 2.24) is 10.2 Å². The Morgan fingerprint density at radius 1 is 1.30 bits per heavy atom. The highest BCUT2D eigenvalue weighted by Gasteiger charge is 2.22. The third kappa shape index (κ3) is 4.28. The third-order valence-electron chi connectivity index (χ3n) is 3.64. The fourth-order valence-corrected chi connectivity index (χ4v) is 2.53. The molecular weight excluding hydrogens is 270 g/mol. The number of carbonyl (C=O) groups excluding carboxylic acids is 1. The molecule has 108 valence electrons. The minimum atomic E-state index is -0.115. The summed E-state index contributed by atoms with van der Waals surface area (Å²) in [6.45, 7) is 4.45. The third-order valence-corrected chi connectivity index (χ3v) is 4.08. The molecular formula is C15H22N3OS+. The van der Waals surface area contributed by atoms with Crippen molar-refractivity contribution < 1.29 is 9.69 Å². The van der Waals surface area contributed by atoms with Crippen LogP contribution in [0.3, 0.4) is 0 Å². The summed E-state index contributed by atoms with van der Waals surface area (Å²) in [5.74, 6) is -0.115. The second kappa shape index (κ2) is 7.36. The van der Waals surface area contributed by atoms with Crippen molar-refractivity contribution in [3.8, 4) is 0 Å². The standard InChI is InChI=1S/C15H21N3OS/c1-17-9-11-18(12-10-17)15(20)14(19)16-8-7-13-5-3-2-4-6-13/h2-6H,7-12H2,1H3,(H,16,19)/p+1. The fourth-order valence-electron chi connectivity index (χ4n) is 2.28. The van der Waals surface area contributed by atoms with Gasteiger partial charge in [0.05, 0.1) is 33.2 Å². The summed E-state index contributed by atoms with van der Waals surface area (Å²) in [6, 6.07) is 10.1. The van der Waals surface area contributed by atoms with Gasteiger partial charge >= 0.3 is 0 Å². The van der Waals surface area contributed by atoms with E-state index in [0.717, 1.165) is 32.6 Å². The number of hydrogen-bond acceptors (Lipinski definition) is 2. The number of nitrogens with one attached hydrogen (secondary N) is 2. The Morgan fingerprint density at radius 2 is 1.95 bits per heavy atom. The summed E-state index contributed by atoms with van der Waals surface area (Å²) in [5, 5.41) is 2.91. The van der Waals surface area contributed by atoms with E-state index in [9.17, 15) is 4.79 Å². The van der Waals surface area contributed by atoms with Gasteiger partial charge in [-0.2, -0.15) is 0 Å². The van der Waals surface area contributed by atoms with Crippen molar-refractivity contribution >= 4 is 23.1 Å². The van der Waals surface area contributed by atoms with E-state index in [4.69, 9.17) is 12.2 Å². The molecule has 1 amide bonds. The maximum absolute atomic E-state index is 12.0. The summed E-state index contributed by atoms with van der Waals surface area (Å²) >= 11 is 5.27. The molecule has 0 saturated carbocycles. The Balaban J connectivity index is 1.73. The van der Waals surface area contributed by atoms with Crippen molar-refractivity contribution in [2.75, 3.05) is 39.8 Å². The average Bonchev–Trinajstić information content (AvgIpc) is 2.48. The Hall–Kier alpha value is -1.46. The van der Waals surface area contributed by atoms with Gasteiger partial charge in [0, 0.05) is 6.54 Å². The number of nitrogens with zero attached hydrogens (tertiary/aromatic N) is 1. The normalized spacial score (nSPS) is 15.9. The predicted molar refractivity (Wildman–Crippen MR) is 83.9 cm³/mol. The lowest BCUT2D eigenvalue weighted by Crippen LogP contribution is -3.12. The summed E-state index contributed by atoms with van der Waals surface area (Å²) in [5.41, 5.74) is 1.22. The molecule has 0 atom stereocenters. The first-order chi connectivity index (χ1) is 9.66. The Labute approximate surface area is 125 Å². The number of rotatable bonds is 3. The van der Waals surface area contributed by atoms with Gasteiger partial charge in [-0.15, -0.1) is 0 Å². The number of hydrogen-bond donors (Lipinski definition) is 2. The summed E-state index contributed by atoms with van der Waals surface area (Å²) in [7, 11) is 2.17. The van der Waals surface area contributed by atoms with Crippen LogP contribution in [-0.4, -0.2) is 55.6 Å². The van der Waals surface area contributed by atoms with Gasteiger partial charge in [0.1, 0.15) is 0 Å². The number of quaternary nitrogens is 1. The van der Waals surface area contributed by atoms with Crippen molar-refractivity contribution in [3.05, 3.63) is 35.9 Å². The lowest BCUT2D eigenvalue weighted by atomic mass is 10.1. The monoisotopic (exact) mass is 292 g/mol. The highest BCUT2D eigenvalue weighted by atomic mass is 32.1. The van der Waals surface area contributed by atoms with E-state index >= 15 is 0 Å². The van der Waals surface area contributed by atoms with Crippen LogP contribution < -0.4 is 10.2 Å². The molecule has 1 aliphatic rings. The number of carbonyl (C=O) groups is 1. The molecule has 5 heteroatoms. The zero-order valence-electron chi connectivity index (χ0n) is 11.9. The minimum absolute atomic E-state index is 0.115. The highest BCUT2D eigenvalue weighted by Crippen LogP contribution is 1.99. The quantitative estimate of drug-likeness (QED) is 0.738. The molecule has 0 unspecified atom stereocenters. The number of amides is 1. The van der Waals surface area contributed by atoms with E-state index in [1.807, 2.05) is 23.1 Å². The Bertz CT molecular complexity index is 455. The number of piperazine rings is 1. The average molecular weight is 292 g/mol. The first-order valence-electron chi connectivity index (χ1n) is 7.09. The zero-order chi connectivity index (χ0) is 14.4. The van der Waals surface area contributed by atoms with Gasteiger partial charge in [-0.3, -0.25) is 4.79 Å². The van der Waals surface area contributed by atoms with Gasteiger partial charge in [-0.05, 0) is 12.0 Å². The van der Waals surface area contributed by atoms with E-state index in [-0.39, 0.29) is 5.91 Å². The van der Waals surface area contributed by atoms with E-state index in [2.05, 4.69) is 24.5 Å². The van der Waals surface area contributed by atoms with Crippen LogP contribution in [0.4, 0.5) is 0 Å². The molecule has 1 saturated heterocycles. The first-order valence-corrected chi connectivity index (χ1v) is 7.50. The second-order valence-electron chi connectivity index (χ2n) is 5.24. The lowest BCUT2D eigenvalue weighted by molar-refractivity contribution is -0.883. The van der Waals surface area contributed by atoms with Crippen LogP contribution in [0, 0.1) is 0 Å².